The number of anilines is 1. The molecule has 4 N–H and O–H groups in total. The first-order chi connectivity index (χ1) is 7.79. The van der Waals surface area contributed by atoms with E-state index in [1.165, 1.54) is 11.8 Å². The zero-order valence-electron chi connectivity index (χ0n) is 8.77. The quantitative estimate of drug-likeness (QED) is 0.418. The summed E-state index contributed by atoms with van der Waals surface area (Å²) in [6.07, 6.45) is 1.69. The van der Waals surface area contributed by atoms with Crippen LogP contribution < -0.4 is 11.3 Å². The summed E-state index contributed by atoms with van der Waals surface area (Å²) >= 11 is 1.53. The predicted molar refractivity (Wildman–Crippen MR) is 62.7 cm³/mol. The number of aromatic nitrogens is 4. The van der Waals surface area contributed by atoms with Gasteiger partial charge in [-0.05, 0) is 13.0 Å². The molecule has 0 aliphatic heterocycles. The van der Waals surface area contributed by atoms with E-state index in [4.69, 9.17) is 5.84 Å². The molecule has 0 unspecified atom stereocenters. The minimum Gasteiger partial charge on any atom is -0.308 e. The van der Waals surface area contributed by atoms with E-state index in [2.05, 4.69) is 25.6 Å². The van der Waals surface area contributed by atoms with Gasteiger partial charge in [-0.1, -0.05) is 17.8 Å². The van der Waals surface area contributed by atoms with E-state index in [1.807, 2.05) is 19.1 Å². The van der Waals surface area contributed by atoms with Gasteiger partial charge in [0.2, 0.25) is 5.16 Å². The van der Waals surface area contributed by atoms with Crippen molar-refractivity contribution in [1.82, 2.24) is 20.2 Å². The number of aromatic amines is 1. The van der Waals surface area contributed by atoms with Crippen LogP contribution in [-0.4, -0.2) is 20.2 Å². The van der Waals surface area contributed by atoms with Gasteiger partial charge in [-0.2, -0.15) is 0 Å². The molecule has 0 spiro atoms. The Balaban J connectivity index is 2.04. The number of nitrogens with two attached hydrogens (primary N) is 1. The second kappa shape index (κ2) is 4.95. The Morgan fingerprint density at radius 2 is 2.44 bits per heavy atom. The van der Waals surface area contributed by atoms with Crippen LogP contribution in [0.5, 0.6) is 0 Å². The highest BCUT2D eigenvalue weighted by atomic mass is 32.2. The molecule has 0 saturated heterocycles. The number of hydrazine groups is 1. The minimum absolute atomic E-state index is 0.683. The fraction of sp³-hybridized carbons (Fsp3) is 0.222. The second-order valence-electron chi connectivity index (χ2n) is 3.15. The standard InChI is InChI=1S/C9H12N6S/c1-6-12-9(15-14-6)16-5-7-3-2-4-11-8(7)13-10/h2-4H,5,10H2,1H3,(H,11,13)(H,12,14,15). The van der Waals surface area contributed by atoms with E-state index in [1.54, 1.807) is 6.20 Å². The summed E-state index contributed by atoms with van der Waals surface area (Å²) in [5.74, 6) is 7.59. The molecular weight excluding hydrogens is 224 g/mol. The monoisotopic (exact) mass is 236 g/mol. The van der Waals surface area contributed by atoms with Crippen LogP contribution in [0.2, 0.25) is 0 Å². The van der Waals surface area contributed by atoms with E-state index in [9.17, 15) is 0 Å². The smallest absolute Gasteiger partial charge is 0.208 e. The average molecular weight is 236 g/mol. The third-order valence-corrected chi connectivity index (χ3v) is 2.86. The van der Waals surface area contributed by atoms with Gasteiger partial charge in [0.15, 0.2) is 0 Å². The lowest BCUT2D eigenvalue weighted by Gasteiger charge is -2.05. The summed E-state index contributed by atoms with van der Waals surface area (Å²) in [6, 6.07) is 3.84. The van der Waals surface area contributed by atoms with Crippen LogP contribution in [0.15, 0.2) is 23.5 Å². The van der Waals surface area contributed by atoms with Crippen molar-refractivity contribution in [3.63, 3.8) is 0 Å². The van der Waals surface area contributed by atoms with Gasteiger partial charge in [-0.25, -0.2) is 15.8 Å². The number of thioether (sulfide) groups is 1. The zero-order chi connectivity index (χ0) is 11.4. The Hall–Kier alpha value is -1.60. The summed E-state index contributed by atoms with van der Waals surface area (Å²) < 4.78 is 0. The predicted octanol–water partition coefficient (Wildman–Crippen LogP) is 1.09. The number of hydrogen-bond acceptors (Lipinski definition) is 6. The van der Waals surface area contributed by atoms with Crippen LogP contribution in [0, 0.1) is 6.92 Å². The fourth-order valence-corrected chi connectivity index (χ4v) is 2.04. The molecule has 0 aliphatic carbocycles. The summed E-state index contributed by atoms with van der Waals surface area (Å²) in [7, 11) is 0. The van der Waals surface area contributed by atoms with Gasteiger partial charge in [0.25, 0.3) is 0 Å². The molecule has 2 heterocycles. The van der Waals surface area contributed by atoms with Crippen LogP contribution >= 0.6 is 11.8 Å². The molecule has 2 rings (SSSR count). The number of nitrogens with one attached hydrogen (secondary N) is 2. The van der Waals surface area contributed by atoms with E-state index in [0.29, 0.717) is 5.82 Å². The SMILES string of the molecule is Cc1nc(SCc2cccnc2NN)n[nH]1. The summed E-state index contributed by atoms with van der Waals surface area (Å²) in [6.45, 7) is 1.87. The Labute approximate surface area is 97.0 Å². The first kappa shape index (κ1) is 10.9. The molecule has 7 heteroatoms. The highest BCUT2D eigenvalue weighted by Crippen LogP contribution is 2.22. The summed E-state index contributed by atoms with van der Waals surface area (Å²) in [5, 5.41) is 7.56. The third kappa shape index (κ3) is 2.50. The van der Waals surface area contributed by atoms with Crippen LogP contribution in [0.3, 0.4) is 0 Å². The lowest BCUT2D eigenvalue weighted by molar-refractivity contribution is 0.969. The van der Waals surface area contributed by atoms with Gasteiger partial charge in [-0.3, -0.25) is 5.10 Å². The molecule has 0 aliphatic rings. The molecule has 2 aromatic heterocycles. The molecule has 2 aromatic rings. The highest BCUT2D eigenvalue weighted by molar-refractivity contribution is 7.98. The molecule has 0 radical (unpaired) electrons. The van der Waals surface area contributed by atoms with Crippen molar-refractivity contribution in [3.05, 3.63) is 29.7 Å². The summed E-state index contributed by atoms with van der Waals surface area (Å²) in [4.78, 5) is 8.32. The molecule has 0 fully saturated rings. The van der Waals surface area contributed by atoms with Crippen LogP contribution in [-0.2, 0) is 5.75 Å². The van der Waals surface area contributed by atoms with Crippen molar-refractivity contribution in [1.29, 1.82) is 0 Å². The van der Waals surface area contributed by atoms with E-state index >= 15 is 0 Å². The molecule has 84 valence electrons. The second-order valence-corrected chi connectivity index (χ2v) is 4.09. The first-order valence-corrected chi connectivity index (χ1v) is 5.70. The minimum atomic E-state index is 0.683. The normalized spacial score (nSPS) is 10.4. The molecule has 0 amide bonds. The van der Waals surface area contributed by atoms with Crippen molar-refractivity contribution >= 4 is 17.6 Å². The molecule has 16 heavy (non-hydrogen) atoms. The summed E-state index contributed by atoms with van der Waals surface area (Å²) in [5.41, 5.74) is 3.59. The first-order valence-electron chi connectivity index (χ1n) is 4.72. The Kier molecular flexibility index (Phi) is 3.37. The third-order valence-electron chi connectivity index (χ3n) is 1.96. The van der Waals surface area contributed by atoms with Gasteiger partial charge < -0.3 is 5.43 Å². The van der Waals surface area contributed by atoms with Gasteiger partial charge in [0.1, 0.15) is 11.6 Å². The van der Waals surface area contributed by atoms with E-state index in [-0.39, 0.29) is 0 Å². The highest BCUT2D eigenvalue weighted by Gasteiger charge is 2.05. The maximum atomic E-state index is 5.36. The van der Waals surface area contributed by atoms with Crippen molar-refractivity contribution in [2.45, 2.75) is 17.8 Å². The Morgan fingerprint density at radius 3 is 3.12 bits per heavy atom. The molecular formula is C9H12N6S. The van der Waals surface area contributed by atoms with Crippen molar-refractivity contribution < 1.29 is 0 Å². The van der Waals surface area contributed by atoms with Crippen molar-refractivity contribution in [2.24, 2.45) is 5.84 Å². The lowest BCUT2D eigenvalue weighted by atomic mass is 10.3. The van der Waals surface area contributed by atoms with Gasteiger partial charge in [0, 0.05) is 17.5 Å². The number of aryl methyl sites for hydroxylation is 1. The van der Waals surface area contributed by atoms with Crippen molar-refractivity contribution in [2.75, 3.05) is 5.43 Å². The number of rotatable bonds is 4. The number of nitrogen functional groups attached to an aromatic ring is 1. The Morgan fingerprint density at radius 1 is 1.56 bits per heavy atom. The molecule has 6 nitrogen and oxygen atoms in total. The topological polar surface area (TPSA) is 92.5 Å². The van der Waals surface area contributed by atoms with Gasteiger partial charge in [-0.15, -0.1) is 5.10 Å². The average Bonchev–Trinajstić information content (AvgIpc) is 2.73. The van der Waals surface area contributed by atoms with Crippen LogP contribution in [0.25, 0.3) is 0 Å². The zero-order valence-corrected chi connectivity index (χ0v) is 9.58. The molecule has 0 atom stereocenters. The largest absolute Gasteiger partial charge is 0.308 e. The van der Waals surface area contributed by atoms with Crippen molar-refractivity contribution in [3.8, 4) is 0 Å². The number of hydrogen-bond donors (Lipinski definition) is 3. The molecule has 0 bridgehead atoms. The number of pyridine rings is 1. The van der Waals surface area contributed by atoms with Gasteiger partial charge in [0.05, 0.1) is 0 Å². The van der Waals surface area contributed by atoms with Crippen LogP contribution in [0.1, 0.15) is 11.4 Å². The van der Waals surface area contributed by atoms with Crippen LogP contribution in [0.4, 0.5) is 5.82 Å². The van der Waals surface area contributed by atoms with E-state index < -0.39 is 0 Å². The Bertz CT molecular complexity index is 469. The lowest BCUT2D eigenvalue weighted by Crippen LogP contribution is -2.10. The fourth-order valence-electron chi connectivity index (χ4n) is 1.21. The maximum Gasteiger partial charge on any atom is 0.208 e. The maximum absolute atomic E-state index is 5.36. The number of H-pyrrole nitrogens is 1. The molecule has 0 saturated carbocycles. The van der Waals surface area contributed by atoms with Gasteiger partial charge >= 0.3 is 0 Å². The van der Waals surface area contributed by atoms with E-state index in [0.717, 1.165) is 22.3 Å². The molecule has 0 aromatic carbocycles. The number of nitrogens with zero attached hydrogens (tertiary/aromatic N) is 3.